The fourth-order valence-corrected chi connectivity index (χ4v) is 4.96. The molecule has 2 aromatic rings. The van der Waals surface area contributed by atoms with E-state index in [2.05, 4.69) is 44.2 Å². The molecule has 0 amide bonds. The fraction of sp³-hybridized carbons (Fsp3) is 0.440. The molecular weight excluding hydrogens is 364 g/mol. The van der Waals surface area contributed by atoms with Gasteiger partial charge in [0.25, 0.3) is 0 Å². The van der Waals surface area contributed by atoms with Gasteiger partial charge in [0.1, 0.15) is 0 Å². The van der Waals surface area contributed by atoms with E-state index in [0.717, 1.165) is 28.5 Å². The smallest absolute Gasteiger partial charge is 0.168 e. The van der Waals surface area contributed by atoms with Gasteiger partial charge in [0.15, 0.2) is 9.84 Å². The van der Waals surface area contributed by atoms with Crippen LogP contribution in [0, 0.1) is 11.8 Å². The van der Waals surface area contributed by atoms with Gasteiger partial charge in [-0.2, -0.15) is 0 Å². The number of hydrogen-bond donors (Lipinski definition) is 0. The summed E-state index contributed by atoms with van der Waals surface area (Å²) in [6, 6.07) is 16.8. The summed E-state index contributed by atoms with van der Waals surface area (Å²) in [7, 11) is -3.17. The van der Waals surface area contributed by atoms with Crippen LogP contribution >= 0.6 is 0 Å². The van der Waals surface area contributed by atoms with Crippen molar-refractivity contribution in [2.45, 2.75) is 51.9 Å². The van der Waals surface area contributed by atoms with Crippen molar-refractivity contribution in [3.05, 3.63) is 65.1 Å². The van der Waals surface area contributed by atoms with Crippen molar-refractivity contribution in [1.82, 2.24) is 0 Å². The Morgan fingerprint density at radius 1 is 0.929 bits per heavy atom. The number of hydrogen-bond acceptors (Lipinski definition) is 2. The average Bonchev–Trinajstić information content (AvgIpc) is 2.64. The summed E-state index contributed by atoms with van der Waals surface area (Å²) in [5.41, 5.74) is 4.52. The highest BCUT2D eigenvalue weighted by atomic mass is 32.2. The first-order valence-electron chi connectivity index (χ1n) is 10.4. The predicted molar refractivity (Wildman–Crippen MR) is 120 cm³/mol. The molecule has 1 saturated carbocycles. The van der Waals surface area contributed by atoms with E-state index in [1.54, 1.807) is 6.08 Å². The van der Waals surface area contributed by atoms with Crippen LogP contribution in [0.15, 0.2) is 53.9 Å². The van der Waals surface area contributed by atoms with E-state index in [1.807, 2.05) is 18.2 Å². The normalized spacial score (nSPS) is 24.0. The first-order chi connectivity index (χ1) is 13.3. The molecule has 0 aliphatic heterocycles. The molecular formula is C25H32O2S. The molecule has 3 atom stereocenters. The first-order valence-corrected chi connectivity index (χ1v) is 12.3. The van der Waals surface area contributed by atoms with Crippen LogP contribution in [0.3, 0.4) is 0 Å². The highest BCUT2D eigenvalue weighted by Crippen LogP contribution is 2.37. The molecule has 0 aromatic heterocycles. The predicted octanol–water partition coefficient (Wildman–Crippen LogP) is 6.69. The zero-order valence-corrected chi connectivity index (χ0v) is 18.1. The largest absolute Gasteiger partial charge is 0.225 e. The summed E-state index contributed by atoms with van der Waals surface area (Å²) in [6.45, 7) is 4.75. The van der Waals surface area contributed by atoms with Gasteiger partial charge in [-0.25, -0.2) is 8.42 Å². The minimum atomic E-state index is -3.17. The third-order valence-corrected chi connectivity index (χ3v) is 6.50. The molecule has 0 radical (unpaired) electrons. The molecule has 3 rings (SSSR count). The lowest BCUT2D eigenvalue weighted by Crippen LogP contribution is -2.13. The Morgan fingerprint density at radius 2 is 1.68 bits per heavy atom. The first kappa shape index (κ1) is 20.9. The molecule has 150 valence electrons. The second kappa shape index (κ2) is 9.09. The quantitative estimate of drug-likeness (QED) is 0.577. The molecule has 0 heterocycles. The van der Waals surface area contributed by atoms with Gasteiger partial charge in [-0.15, -0.1) is 0 Å². The number of benzene rings is 2. The van der Waals surface area contributed by atoms with Gasteiger partial charge in [0.2, 0.25) is 0 Å². The van der Waals surface area contributed by atoms with Gasteiger partial charge in [-0.1, -0.05) is 75.2 Å². The molecule has 0 spiro atoms. The van der Waals surface area contributed by atoms with Gasteiger partial charge in [0, 0.05) is 11.7 Å². The summed E-state index contributed by atoms with van der Waals surface area (Å²) < 4.78 is 23.4. The van der Waals surface area contributed by atoms with Crippen molar-refractivity contribution in [3.63, 3.8) is 0 Å². The maximum Gasteiger partial charge on any atom is 0.168 e. The van der Waals surface area contributed by atoms with Crippen LogP contribution < -0.4 is 0 Å². The maximum atomic E-state index is 11.7. The summed E-state index contributed by atoms with van der Waals surface area (Å²) in [5, 5.41) is 1.32. The summed E-state index contributed by atoms with van der Waals surface area (Å²) in [5.74, 6) is 2.10. The number of rotatable bonds is 4. The molecule has 28 heavy (non-hydrogen) atoms. The Morgan fingerprint density at radius 3 is 2.39 bits per heavy atom. The van der Waals surface area contributed by atoms with Crippen molar-refractivity contribution in [2.75, 3.05) is 6.26 Å². The van der Waals surface area contributed by atoms with Gasteiger partial charge >= 0.3 is 0 Å². The van der Waals surface area contributed by atoms with Crippen molar-refractivity contribution < 1.29 is 8.42 Å². The van der Waals surface area contributed by atoms with Crippen LogP contribution in [0.1, 0.15) is 63.0 Å². The van der Waals surface area contributed by atoms with E-state index < -0.39 is 9.84 Å². The van der Waals surface area contributed by atoms with Crippen molar-refractivity contribution in [3.8, 4) is 11.1 Å². The van der Waals surface area contributed by atoms with Crippen molar-refractivity contribution in [1.29, 1.82) is 0 Å². The SMILES string of the molecule is CC1CCCC(c2ccc(-c3ccccc3)c(/C=C/S(C)(=O)=O)c2)CC(C)C1. The van der Waals surface area contributed by atoms with Crippen LogP contribution in [-0.2, 0) is 9.84 Å². The van der Waals surface area contributed by atoms with Gasteiger partial charge in [-0.05, 0) is 65.3 Å². The minimum absolute atomic E-state index is 0.553. The lowest BCUT2D eigenvalue weighted by atomic mass is 9.78. The van der Waals surface area contributed by atoms with Crippen LogP contribution in [0.2, 0.25) is 0 Å². The molecule has 0 N–H and O–H groups in total. The van der Waals surface area contributed by atoms with Crippen LogP contribution in [0.4, 0.5) is 0 Å². The summed E-state index contributed by atoms with van der Waals surface area (Å²) in [6.07, 6.45) is 9.32. The van der Waals surface area contributed by atoms with Gasteiger partial charge < -0.3 is 0 Å². The standard InChI is InChI=1S/C25H32O2S/c1-19-8-7-11-22(17-20(2)16-19)23-12-13-25(21-9-5-4-6-10-21)24(18-23)14-15-28(3,26)27/h4-6,9-10,12-15,18-20,22H,7-8,11,16-17H2,1-3H3/b15-14+. The van der Waals surface area contributed by atoms with Crippen LogP contribution in [0.25, 0.3) is 17.2 Å². The molecule has 1 aliphatic rings. The Hall–Kier alpha value is -1.87. The van der Waals surface area contributed by atoms with E-state index in [-0.39, 0.29) is 0 Å². The van der Waals surface area contributed by atoms with Crippen LogP contribution in [0.5, 0.6) is 0 Å². The minimum Gasteiger partial charge on any atom is -0.225 e. The molecule has 1 aliphatic carbocycles. The topological polar surface area (TPSA) is 34.1 Å². The maximum absolute atomic E-state index is 11.7. The van der Waals surface area contributed by atoms with Gasteiger partial charge in [-0.3, -0.25) is 0 Å². The van der Waals surface area contributed by atoms with E-state index in [9.17, 15) is 8.42 Å². The zero-order valence-electron chi connectivity index (χ0n) is 17.3. The molecule has 2 aromatic carbocycles. The van der Waals surface area contributed by atoms with E-state index >= 15 is 0 Å². The number of sulfone groups is 1. The summed E-state index contributed by atoms with van der Waals surface area (Å²) in [4.78, 5) is 0. The molecule has 3 unspecified atom stereocenters. The fourth-order valence-electron chi connectivity index (χ4n) is 4.57. The Kier molecular flexibility index (Phi) is 6.77. The molecule has 3 heteroatoms. The van der Waals surface area contributed by atoms with Gasteiger partial charge in [0.05, 0.1) is 0 Å². The highest BCUT2D eigenvalue weighted by Gasteiger charge is 2.21. The van der Waals surface area contributed by atoms with Crippen LogP contribution in [-0.4, -0.2) is 14.7 Å². The van der Waals surface area contributed by atoms with Crippen molar-refractivity contribution in [2.24, 2.45) is 11.8 Å². The van der Waals surface area contributed by atoms with E-state index in [0.29, 0.717) is 5.92 Å². The zero-order chi connectivity index (χ0) is 20.1. The Labute approximate surface area is 170 Å². The Bertz CT molecular complexity index is 913. The Balaban J connectivity index is 1.98. The summed E-state index contributed by atoms with van der Waals surface area (Å²) >= 11 is 0. The monoisotopic (exact) mass is 396 g/mol. The third-order valence-electron chi connectivity index (χ3n) is 5.87. The lowest BCUT2D eigenvalue weighted by Gasteiger charge is -2.28. The van der Waals surface area contributed by atoms with E-state index in [4.69, 9.17) is 0 Å². The molecule has 0 bridgehead atoms. The van der Waals surface area contributed by atoms with Crippen molar-refractivity contribution >= 4 is 15.9 Å². The second-order valence-corrected chi connectivity index (χ2v) is 10.6. The third kappa shape index (κ3) is 5.81. The average molecular weight is 397 g/mol. The molecule has 1 fully saturated rings. The van der Waals surface area contributed by atoms with E-state index in [1.165, 1.54) is 49.3 Å². The molecule has 0 saturated heterocycles. The second-order valence-electron chi connectivity index (χ2n) is 8.65. The molecule has 2 nitrogen and oxygen atoms in total. The highest BCUT2D eigenvalue weighted by molar-refractivity contribution is 7.93. The lowest BCUT2D eigenvalue weighted by molar-refractivity contribution is 0.307.